The summed E-state index contributed by atoms with van der Waals surface area (Å²) in [7, 11) is 0. The summed E-state index contributed by atoms with van der Waals surface area (Å²) < 4.78 is 47.4. The molecule has 1 fully saturated rings. The van der Waals surface area contributed by atoms with Gasteiger partial charge in [-0.2, -0.15) is 0 Å². The molecular weight excluding hydrogens is 441 g/mol. The van der Waals surface area contributed by atoms with E-state index in [1.807, 2.05) is 37.3 Å². The number of amides is 1. The molecule has 4 aromatic rings. The maximum atomic E-state index is 14.6. The van der Waals surface area contributed by atoms with Crippen molar-refractivity contribution < 1.29 is 22.4 Å². The summed E-state index contributed by atoms with van der Waals surface area (Å²) in [6.07, 6.45) is 2.80. The molecule has 0 unspecified atom stereocenters. The van der Waals surface area contributed by atoms with Crippen LogP contribution in [-0.2, 0) is 6.42 Å². The van der Waals surface area contributed by atoms with Crippen molar-refractivity contribution in [3.05, 3.63) is 78.1 Å². The number of halogens is 3. The predicted molar refractivity (Wildman–Crippen MR) is 124 cm³/mol. The molecule has 1 amide bonds. The van der Waals surface area contributed by atoms with E-state index in [-0.39, 0.29) is 31.8 Å². The average molecular weight is 464 g/mol. The lowest BCUT2D eigenvalue weighted by Gasteiger charge is -2.31. The fourth-order valence-electron chi connectivity index (χ4n) is 4.37. The smallest absolute Gasteiger partial charge is 0.253 e. The first-order valence-corrected chi connectivity index (χ1v) is 11.3. The molecule has 174 valence electrons. The summed E-state index contributed by atoms with van der Waals surface area (Å²) in [5, 5.41) is 0.856. The molecule has 4 nitrogen and oxygen atoms in total. The number of likely N-dealkylation sites (tertiary alicyclic amines) is 1. The van der Waals surface area contributed by atoms with E-state index in [1.165, 1.54) is 17.3 Å². The number of carbonyl (C=O) groups excluding carboxylic acids is 1. The Bertz CT molecular complexity index is 1350. The van der Waals surface area contributed by atoms with Gasteiger partial charge in [0.2, 0.25) is 0 Å². The molecule has 1 saturated heterocycles. The van der Waals surface area contributed by atoms with Crippen molar-refractivity contribution in [1.82, 2.24) is 9.88 Å². The van der Waals surface area contributed by atoms with Gasteiger partial charge in [0.15, 0.2) is 0 Å². The quantitative estimate of drug-likeness (QED) is 0.336. The van der Waals surface area contributed by atoms with E-state index in [0.29, 0.717) is 28.7 Å². The van der Waals surface area contributed by atoms with E-state index in [1.54, 1.807) is 18.2 Å². The van der Waals surface area contributed by atoms with Crippen LogP contribution in [0.1, 0.15) is 35.9 Å². The molecule has 34 heavy (non-hydrogen) atoms. The van der Waals surface area contributed by atoms with Gasteiger partial charge in [0.25, 0.3) is 11.8 Å². The van der Waals surface area contributed by atoms with Gasteiger partial charge in [-0.1, -0.05) is 19.1 Å². The van der Waals surface area contributed by atoms with E-state index >= 15 is 0 Å². The first-order chi connectivity index (χ1) is 16.3. The molecule has 1 aliphatic heterocycles. The summed E-state index contributed by atoms with van der Waals surface area (Å²) in [5.74, 6) is -2.59. The molecule has 7 heteroatoms. The number of hydrogen-bond donors (Lipinski definition) is 0. The van der Waals surface area contributed by atoms with Crippen molar-refractivity contribution in [3.63, 3.8) is 0 Å². The Balaban J connectivity index is 1.50. The van der Waals surface area contributed by atoms with Crippen LogP contribution in [0, 0.1) is 5.82 Å². The Morgan fingerprint density at radius 3 is 2.44 bits per heavy atom. The van der Waals surface area contributed by atoms with Gasteiger partial charge in [0.1, 0.15) is 17.2 Å². The van der Waals surface area contributed by atoms with Crippen LogP contribution in [0.3, 0.4) is 0 Å². The van der Waals surface area contributed by atoms with Gasteiger partial charge in [-0.15, -0.1) is 0 Å². The predicted octanol–water partition coefficient (Wildman–Crippen LogP) is 6.73. The average Bonchev–Trinajstić information content (AvgIpc) is 3.27. The number of rotatable bonds is 4. The lowest BCUT2D eigenvalue weighted by atomic mass is 9.96. The molecule has 3 heterocycles. The minimum atomic E-state index is -2.70. The Morgan fingerprint density at radius 1 is 1.03 bits per heavy atom. The SMILES string of the molecule is CCc1cc2cc(-c3ccc(C(=O)N4CCC(F)(F)CC4)cc3)cc(-c3ccncc3F)c2o1. The lowest BCUT2D eigenvalue weighted by Crippen LogP contribution is -2.42. The number of aryl methyl sites for hydroxylation is 1. The zero-order valence-electron chi connectivity index (χ0n) is 18.7. The van der Waals surface area contributed by atoms with Crippen LogP contribution >= 0.6 is 0 Å². The van der Waals surface area contributed by atoms with Gasteiger partial charge in [0.05, 0.1) is 6.20 Å². The fourth-order valence-corrected chi connectivity index (χ4v) is 4.37. The van der Waals surface area contributed by atoms with E-state index in [9.17, 15) is 18.0 Å². The van der Waals surface area contributed by atoms with Crippen molar-refractivity contribution in [3.8, 4) is 22.3 Å². The second-order valence-corrected chi connectivity index (χ2v) is 8.59. The number of nitrogens with zero attached hydrogens (tertiary/aromatic N) is 2. The van der Waals surface area contributed by atoms with Crippen molar-refractivity contribution in [2.45, 2.75) is 32.1 Å². The second-order valence-electron chi connectivity index (χ2n) is 8.59. The topological polar surface area (TPSA) is 46.3 Å². The zero-order valence-corrected chi connectivity index (χ0v) is 18.7. The fraction of sp³-hybridized carbons (Fsp3) is 0.259. The Kier molecular flexibility index (Phi) is 5.63. The van der Waals surface area contributed by atoms with Gasteiger partial charge in [-0.25, -0.2) is 13.2 Å². The van der Waals surface area contributed by atoms with Crippen LogP contribution < -0.4 is 0 Å². The normalized spacial score (nSPS) is 15.6. The highest BCUT2D eigenvalue weighted by atomic mass is 19.3. The molecule has 0 saturated carbocycles. The van der Waals surface area contributed by atoms with Crippen LogP contribution in [0.25, 0.3) is 33.2 Å². The maximum Gasteiger partial charge on any atom is 0.253 e. The third kappa shape index (κ3) is 4.18. The molecule has 0 aliphatic carbocycles. The highest BCUT2D eigenvalue weighted by Gasteiger charge is 2.35. The van der Waals surface area contributed by atoms with Gasteiger partial charge in [-0.3, -0.25) is 9.78 Å². The third-order valence-corrected chi connectivity index (χ3v) is 6.33. The van der Waals surface area contributed by atoms with Crippen LogP contribution in [-0.4, -0.2) is 34.8 Å². The minimum absolute atomic E-state index is 0.0470. The third-order valence-electron chi connectivity index (χ3n) is 6.33. The maximum absolute atomic E-state index is 14.6. The number of furan rings is 1. The Labute approximate surface area is 195 Å². The minimum Gasteiger partial charge on any atom is -0.460 e. The molecule has 0 bridgehead atoms. The second kappa shape index (κ2) is 8.63. The summed E-state index contributed by atoms with van der Waals surface area (Å²) in [5.41, 5.74) is 3.78. The number of piperidine rings is 1. The van der Waals surface area contributed by atoms with E-state index in [4.69, 9.17) is 4.42 Å². The van der Waals surface area contributed by atoms with Crippen molar-refractivity contribution in [2.75, 3.05) is 13.1 Å². The number of carbonyl (C=O) groups is 1. The van der Waals surface area contributed by atoms with E-state index < -0.39 is 11.7 Å². The summed E-state index contributed by atoms with van der Waals surface area (Å²) in [6, 6.07) is 14.5. The zero-order chi connectivity index (χ0) is 23.9. The van der Waals surface area contributed by atoms with Crippen molar-refractivity contribution in [2.24, 2.45) is 0 Å². The van der Waals surface area contributed by atoms with Crippen LogP contribution in [0.5, 0.6) is 0 Å². The number of aromatic nitrogens is 1. The number of pyridine rings is 1. The first kappa shape index (κ1) is 22.2. The van der Waals surface area contributed by atoms with Crippen LogP contribution in [0.4, 0.5) is 13.2 Å². The molecule has 0 radical (unpaired) electrons. The molecular formula is C27H23F3N2O2. The van der Waals surface area contributed by atoms with Crippen molar-refractivity contribution in [1.29, 1.82) is 0 Å². The highest BCUT2D eigenvalue weighted by molar-refractivity contribution is 5.98. The summed E-state index contributed by atoms with van der Waals surface area (Å²) in [4.78, 5) is 18.1. The van der Waals surface area contributed by atoms with Gasteiger partial charge < -0.3 is 9.32 Å². The Hall–Kier alpha value is -3.61. The standard InChI is InChI=1S/C27H23F3N2O2/c1-2-21-14-20-13-19(15-23(25(20)34-21)22-7-10-31-16-24(22)28)17-3-5-18(6-4-17)26(33)32-11-8-27(29,30)9-12-32/h3-7,10,13-16H,2,8-9,11-12H2,1H3. The number of hydrogen-bond acceptors (Lipinski definition) is 3. The molecule has 5 rings (SSSR count). The summed E-state index contributed by atoms with van der Waals surface area (Å²) >= 11 is 0. The van der Waals surface area contributed by atoms with E-state index in [0.717, 1.165) is 22.3 Å². The number of benzene rings is 2. The van der Waals surface area contributed by atoms with Crippen LogP contribution in [0.2, 0.25) is 0 Å². The molecule has 1 aliphatic rings. The molecule has 0 N–H and O–H groups in total. The number of alkyl halides is 2. The van der Waals surface area contributed by atoms with Crippen molar-refractivity contribution >= 4 is 16.9 Å². The van der Waals surface area contributed by atoms with Gasteiger partial charge >= 0.3 is 0 Å². The number of fused-ring (bicyclic) bond motifs is 1. The van der Waals surface area contributed by atoms with E-state index in [2.05, 4.69) is 4.98 Å². The Morgan fingerprint density at radius 2 is 1.76 bits per heavy atom. The molecule has 0 spiro atoms. The molecule has 2 aromatic heterocycles. The molecule has 2 aromatic carbocycles. The van der Waals surface area contributed by atoms with Gasteiger partial charge in [0, 0.05) is 60.6 Å². The first-order valence-electron chi connectivity index (χ1n) is 11.3. The largest absolute Gasteiger partial charge is 0.460 e. The van der Waals surface area contributed by atoms with Gasteiger partial charge in [-0.05, 0) is 47.5 Å². The summed E-state index contributed by atoms with van der Waals surface area (Å²) in [6.45, 7) is 2.08. The molecule has 0 atom stereocenters. The monoisotopic (exact) mass is 464 g/mol. The highest BCUT2D eigenvalue weighted by Crippen LogP contribution is 2.37. The van der Waals surface area contributed by atoms with Crippen LogP contribution in [0.15, 0.2) is 65.3 Å². The lowest BCUT2D eigenvalue weighted by molar-refractivity contribution is -0.0494.